The molecule has 16 aromatic rings. The van der Waals surface area contributed by atoms with Crippen molar-refractivity contribution < 1.29 is 18.4 Å². The molecular weight excluding hydrogens is 1460 g/mol. The van der Waals surface area contributed by atoms with E-state index < -0.39 is 10.8 Å². The highest BCUT2D eigenvalue weighted by atomic mass is 32.1. The van der Waals surface area contributed by atoms with Gasteiger partial charge in [-0.15, -0.1) is 45.3 Å². The zero-order valence-corrected chi connectivity index (χ0v) is 62.1. The average molecular weight is 1500 g/mol. The van der Waals surface area contributed by atoms with Gasteiger partial charge in [-0.3, -0.25) is 9.59 Å². The van der Waals surface area contributed by atoms with Crippen molar-refractivity contribution in [2.24, 2.45) is 0 Å². The molecule has 508 valence electrons. The van der Waals surface area contributed by atoms with E-state index in [-0.39, 0.29) is 56.6 Å². The standard InChI is InChI=1S/C90H46F2N8O2S6/c1-43-13-23-53(24-14-43)89(54-25-15-44(2)16-26-54)65-35-49-37-67(61-31-21-47(77-79(61)99-107-97-77)33-63-69(51(39-93)40-94)57-9-5-7-11-59(57)81(63)101)103-83(49)75(91)71(65)85-73(89)87-88(105-85)74-86(106-87)72-66(90(74,55-27-17-45(3)18-28-55)56-29-19-46(4)20-30-56)36-50-38-68(104-84(50)76(72)92)62-32-22-48(78-80(62)100-108-98-78)34-64-70(52(41-95)42-96)58-10-6-8-12-60(58)82(64)102/h5-38H,1-4H3. The minimum absolute atomic E-state index is 0.171. The predicted octanol–water partition coefficient (Wildman–Crippen LogP) is 23.1. The first-order chi connectivity index (χ1) is 52.7. The van der Waals surface area contributed by atoms with Gasteiger partial charge >= 0.3 is 0 Å². The molecular formula is C90H46F2N8O2S6. The van der Waals surface area contributed by atoms with Crippen molar-refractivity contribution in [2.45, 2.75) is 38.5 Å². The molecule has 0 amide bonds. The number of ketones is 2. The Kier molecular flexibility index (Phi) is 14.5. The van der Waals surface area contributed by atoms with Crippen molar-refractivity contribution in [3.8, 4) is 66.0 Å². The molecule has 10 aromatic carbocycles. The number of hydrogen-bond donors (Lipinski definition) is 0. The van der Waals surface area contributed by atoms with Crippen molar-refractivity contribution in [2.75, 3.05) is 0 Å². The first-order valence-electron chi connectivity index (χ1n) is 34.4. The van der Waals surface area contributed by atoms with Crippen LogP contribution in [0.25, 0.3) is 117 Å². The molecule has 0 atom stereocenters. The monoisotopic (exact) mass is 1500 g/mol. The number of allylic oxidation sites excluding steroid dienone is 6. The third-order valence-electron chi connectivity index (χ3n) is 21.9. The van der Waals surface area contributed by atoms with E-state index in [4.69, 9.17) is 17.5 Å². The minimum atomic E-state index is -1.12. The van der Waals surface area contributed by atoms with Crippen LogP contribution in [0.15, 0.2) is 216 Å². The van der Waals surface area contributed by atoms with Crippen LogP contribution in [0.1, 0.15) is 110 Å². The Balaban J connectivity index is 0.804. The van der Waals surface area contributed by atoms with Crippen LogP contribution in [0.3, 0.4) is 0 Å². The van der Waals surface area contributed by atoms with Gasteiger partial charge in [-0.2, -0.15) is 38.5 Å². The van der Waals surface area contributed by atoms with Crippen LogP contribution in [-0.2, 0) is 10.8 Å². The van der Waals surface area contributed by atoms with Crippen LogP contribution in [0.5, 0.6) is 0 Å². The molecule has 0 aliphatic heterocycles. The van der Waals surface area contributed by atoms with Crippen molar-refractivity contribution in [3.63, 3.8) is 0 Å². The summed E-state index contributed by atoms with van der Waals surface area (Å²) in [6.07, 6.45) is 3.38. The molecule has 18 heteroatoms. The molecule has 0 fully saturated rings. The van der Waals surface area contributed by atoms with Crippen molar-refractivity contribution in [3.05, 3.63) is 328 Å². The zero-order valence-electron chi connectivity index (χ0n) is 57.2. The van der Waals surface area contributed by atoms with Crippen molar-refractivity contribution in [1.82, 2.24) is 17.5 Å². The van der Waals surface area contributed by atoms with Crippen molar-refractivity contribution >= 4 is 155 Å². The summed E-state index contributed by atoms with van der Waals surface area (Å²) < 4.78 is 60.9. The van der Waals surface area contributed by atoms with E-state index in [1.807, 2.05) is 60.7 Å². The Morgan fingerprint density at radius 3 is 1.06 bits per heavy atom. The maximum atomic E-state index is 19.5. The van der Waals surface area contributed by atoms with Gasteiger partial charge in [-0.1, -0.05) is 192 Å². The Bertz CT molecular complexity index is 6600. The lowest BCUT2D eigenvalue weighted by molar-refractivity contribution is 0.103. The Labute approximate surface area is 639 Å². The normalized spacial score (nSPS) is 14.9. The second-order valence-corrected chi connectivity index (χ2v) is 32.9. The predicted molar refractivity (Wildman–Crippen MR) is 431 cm³/mol. The van der Waals surface area contributed by atoms with Gasteiger partial charge in [-0.05, 0) is 119 Å². The second kappa shape index (κ2) is 24.0. The molecule has 0 spiro atoms. The molecule has 0 saturated carbocycles. The van der Waals surface area contributed by atoms with Crippen LogP contribution in [-0.4, -0.2) is 29.1 Å². The summed E-state index contributed by atoms with van der Waals surface area (Å²) in [6, 6.07) is 72.3. The SMILES string of the molecule is Cc1ccc(C2(c3ccc(C)cc3)c3cc4cc(-c5ccc(C=C6C(=O)c7ccccc7C6=C(C#N)C#N)c6nsnc56)sc4c(F)c3-c3sc4c5c(sc4c32)-c2c(cc3cc(-c4ccc(C=C6C(=O)c7ccccc7C6=C(C#N)C#N)c6nsnc46)sc3c2F)C5(c2ccc(C)cc2)c2ccc(C)cc2)cc1. The lowest BCUT2D eigenvalue weighted by Crippen LogP contribution is -2.29. The lowest BCUT2D eigenvalue weighted by Gasteiger charge is -2.34. The van der Waals surface area contributed by atoms with Gasteiger partial charge in [0.25, 0.3) is 0 Å². The molecule has 4 aliphatic carbocycles. The second-order valence-electron chi connectivity index (χ2n) is 27.7. The van der Waals surface area contributed by atoms with Gasteiger partial charge in [0, 0.05) is 97.4 Å². The average Bonchev–Trinajstić information content (AvgIpc) is 1.48. The number of aryl methyl sites for hydroxylation is 4. The van der Waals surface area contributed by atoms with Gasteiger partial charge in [0.05, 0.1) is 53.1 Å². The molecule has 20 rings (SSSR count). The molecule has 0 unspecified atom stereocenters. The number of nitrogens with zero attached hydrogens (tertiary/aromatic N) is 8. The number of benzene rings is 10. The number of rotatable bonds is 8. The number of carbonyl (C=O) groups excluding carboxylic acids is 2. The molecule has 6 aromatic heterocycles. The van der Waals surface area contributed by atoms with E-state index in [1.54, 1.807) is 83.4 Å². The van der Waals surface area contributed by atoms with Crippen LogP contribution in [0.2, 0.25) is 0 Å². The molecule has 6 heterocycles. The first kappa shape index (κ1) is 65.1. The van der Waals surface area contributed by atoms with E-state index in [0.29, 0.717) is 86.7 Å². The summed E-state index contributed by atoms with van der Waals surface area (Å²) in [5.74, 6) is -1.33. The third-order valence-corrected chi connectivity index (χ3v) is 27.8. The molecule has 108 heavy (non-hydrogen) atoms. The number of thiophene rings is 4. The maximum absolute atomic E-state index is 19.5. The largest absolute Gasteiger partial charge is 0.289 e. The molecule has 0 bridgehead atoms. The maximum Gasteiger partial charge on any atom is 0.194 e. The number of aromatic nitrogens is 4. The number of fused-ring (bicyclic) bond motifs is 15. The van der Waals surface area contributed by atoms with Gasteiger partial charge in [0.2, 0.25) is 0 Å². The summed E-state index contributed by atoms with van der Waals surface area (Å²) >= 11 is 7.89. The van der Waals surface area contributed by atoms with E-state index in [1.165, 1.54) is 22.7 Å². The minimum Gasteiger partial charge on any atom is -0.289 e. The fraction of sp³-hybridized carbons (Fsp3) is 0.0667. The Hall–Kier alpha value is -12.5. The molecule has 10 nitrogen and oxygen atoms in total. The van der Waals surface area contributed by atoms with Gasteiger partial charge in [-0.25, -0.2) is 8.78 Å². The number of halogens is 2. The molecule has 0 radical (unpaired) electrons. The summed E-state index contributed by atoms with van der Waals surface area (Å²) in [4.78, 5) is 31.4. The van der Waals surface area contributed by atoms with E-state index in [0.717, 1.165) is 130 Å². The van der Waals surface area contributed by atoms with Crippen molar-refractivity contribution in [1.29, 1.82) is 21.0 Å². The van der Waals surface area contributed by atoms with Crippen LogP contribution in [0.4, 0.5) is 8.78 Å². The smallest absolute Gasteiger partial charge is 0.194 e. The molecule has 4 aliphatic rings. The summed E-state index contributed by atoms with van der Waals surface area (Å²) in [6.45, 7) is 8.27. The Morgan fingerprint density at radius 1 is 0.389 bits per heavy atom. The Morgan fingerprint density at radius 2 is 0.722 bits per heavy atom. The van der Waals surface area contributed by atoms with Gasteiger partial charge < -0.3 is 0 Å². The zero-order chi connectivity index (χ0) is 73.5. The van der Waals surface area contributed by atoms with E-state index in [2.05, 4.69) is 137 Å². The summed E-state index contributed by atoms with van der Waals surface area (Å²) in [5, 5.41) is 41.9. The fourth-order valence-electron chi connectivity index (χ4n) is 17.0. The lowest BCUT2D eigenvalue weighted by atomic mass is 9.66. The van der Waals surface area contributed by atoms with E-state index in [9.17, 15) is 30.6 Å². The number of carbonyl (C=O) groups is 2. The molecule has 0 N–H and O–H groups in total. The number of Topliss-reactive ketones (excluding diaryl/α,β-unsaturated/α-hetero) is 2. The van der Waals surface area contributed by atoms with Crippen LogP contribution < -0.4 is 0 Å². The quantitative estimate of drug-likeness (QED) is 0.105. The molecule has 0 saturated heterocycles. The van der Waals surface area contributed by atoms with Gasteiger partial charge in [0.15, 0.2) is 11.6 Å². The fourth-order valence-corrected chi connectivity index (χ4v) is 23.6. The highest BCUT2D eigenvalue weighted by Gasteiger charge is 2.56. The topological polar surface area (TPSA) is 181 Å². The van der Waals surface area contributed by atoms with Crippen LogP contribution >= 0.6 is 68.8 Å². The van der Waals surface area contributed by atoms with E-state index >= 15 is 8.78 Å². The van der Waals surface area contributed by atoms with Crippen LogP contribution in [0, 0.1) is 84.7 Å². The third kappa shape index (κ3) is 8.93. The number of nitriles is 4. The summed E-state index contributed by atoms with van der Waals surface area (Å²) in [7, 11) is 0. The van der Waals surface area contributed by atoms with Gasteiger partial charge in [0.1, 0.15) is 69.1 Å². The number of hydrogen-bond acceptors (Lipinski definition) is 16. The highest BCUT2D eigenvalue weighted by molar-refractivity contribution is 7.32. The summed E-state index contributed by atoms with van der Waals surface area (Å²) in [5.41, 5.74) is 17.4. The highest BCUT2D eigenvalue weighted by Crippen LogP contribution is 2.70. The first-order valence-corrected chi connectivity index (χ1v) is 39.1.